The molecule has 0 radical (unpaired) electrons. The van der Waals surface area contributed by atoms with Crippen LogP contribution in [0.2, 0.25) is 0 Å². The lowest BCUT2D eigenvalue weighted by molar-refractivity contribution is -0.165. The Hall–Kier alpha value is -0.940. The first-order chi connectivity index (χ1) is 12.0. The summed E-state index contributed by atoms with van der Waals surface area (Å²) in [4.78, 5) is 23.3. The van der Waals surface area contributed by atoms with E-state index in [0.29, 0.717) is 31.0 Å². The summed E-state index contributed by atoms with van der Waals surface area (Å²) >= 11 is 0. The Labute approximate surface area is 152 Å². The molecule has 0 spiro atoms. The highest BCUT2D eigenvalue weighted by Crippen LogP contribution is 2.36. The third-order valence-electron chi connectivity index (χ3n) is 5.61. The molecule has 0 saturated heterocycles. The van der Waals surface area contributed by atoms with Crippen molar-refractivity contribution in [3.05, 3.63) is 0 Å². The molecule has 0 aromatic rings. The number of carbonyl (C=O) groups is 2. The predicted octanol–water partition coefficient (Wildman–Crippen LogP) is 4.17. The number of aliphatic hydroxyl groups is 1. The van der Waals surface area contributed by atoms with Crippen LogP contribution in [0.25, 0.3) is 0 Å². The first kappa shape index (κ1) is 22.1. The summed E-state index contributed by atoms with van der Waals surface area (Å²) in [6.07, 6.45) is 10.7. The van der Waals surface area contributed by atoms with Gasteiger partial charge in [0.25, 0.3) is 0 Å². The van der Waals surface area contributed by atoms with Crippen molar-refractivity contribution in [1.29, 1.82) is 0 Å². The Morgan fingerprint density at radius 1 is 1.16 bits per heavy atom. The largest absolute Gasteiger partial charge is 0.481 e. The minimum Gasteiger partial charge on any atom is -0.481 e. The highest BCUT2D eigenvalue weighted by Gasteiger charge is 2.33. The quantitative estimate of drug-likeness (QED) is 0.360. The molecule has 5 nitrogen and oxygen atoms in total. The molecule has 0 aliphatic heterocycles. The van der Waals surface area contributed by atoms with Crippen LogP contribution in [-0.2, 0) is 14.3 Å². The number of rotatable bonds is 14. The van der Waals surface area contributed by atoms with E-state index in [0.717, 1.165) is 25.7 Å². The molecule has 1 saturated carbocycles. The molecule has 0 amide bonds. The van der Waals surface area contributed by atoms with E-state index >= 15 is 0 Å². The number of aliphatic hydroxyl groups excluding tert-OH is 1. The molecule has 1 aliphatic carbocycles. The van der Waals surface area contributed by atoms with Crippen LogP contribution in [0.4, 0.5) is 0 Å². The van der Waals surface area contributed by atoms with Gasteiger partial charge in [0.05, 0.1) is 0 Å². The standard InChI is InChI=1S/C20H36O5/c1-3-4-5-6-7-10-15-13-14-18(21)16(15)11-8-9-12-17(19(22)23)20(24)25-2/h15-17,20,24H,3-14H2,1-2H3,(H,22,23)/t15-,16+,17?,20?/m0/s1. The van der Waals surface area contributed by atoms with Crippen LogP contribution >= 0.6 is 0 Å². The SMILES string of the molecule is CCCCCCC[C@H]1CCC(=O)[C@@H]1CCCCC(C(=O)O)C(O)OC. The highest BCUT2D eigenvalue weighted by atomic mass is 16.6. The van der Waals surface area contributed by atoms with Gasteiger partial charge in [-0.15, -0.1) is 0 Å². The van der Waals surface area contributed by atoms with Crippen LogP contribution in [0.3, 0.4) is 0 Å². The van der Waals surface area contributed by atoms with Crippen LogP contribution in [0.1, 0.15) is 84.0 Å². The van der Waals surface area contributed by atoms with Crippen molar-refractivity contribution in [3.63, 3.8) is 0 Å². The second-order valence-corrected chi connectivity index (χ2v) is 7.43. The zero-order valence-electron chi connectivity index (χ0n) is 15.9. The zero-order valence-corrected chi connectivity index (χ0v) is 15.9. The number of carboxylic acid groups (broad SMARTS) is 1. The lowest BCUT2D eigenvalue weighted by atomic mass is 9.86. The molecule has 146 valence electrons. The van der Waals surface area contributed by atoms with Crippen LogP contribution in [0.5, 0.6) is 0 Å². The number of aliphatic carboxylic acids is 1. The number of methoxy groups -OCH3 is 1. The Morgan fingerprint density at radius 3 is 2.48 bits per heavy atom. The van der Waals surface area contributed by atoms with Crippen LogP contribution in [0, 0.1) is 17.8 Å². The molecule has 2 unspecified atom stereocenters. The first-order valence-corrected chi connectivity index (χ1v) is 9.97. The summed E-state index contributed by atoms with van der Waals surface area (Å²) in [6.45, 7) is 2.21. The van der Waals surface area contributed by atoms with E-state index in [4.69, 9.17) is 9.84 Å². The first-order valence-electron chi connectivity index (χ1n) is 9.97. The van der Waals surface area contributed by atoms with Gasteiger partial charge in [-0.1, -0.05) is 51.9 Å². The van der Waals surface area contributed by atoms with Crippen molar-refractivity contribution in [3.8, 4) is 0 Å². The molecule has 1 fully saturated rings. The van der Waals surface area contributed by atoms with Crippen molar-refractivity contribution >= 4 is 11.8 Å². The molecular formula is C20H36O5. The van der Waals surface area contributed by atoms with E-state index in [1.54, 1.807) is 0 Å². The molecule has 0 aromatic heterocycles. The monoisotopic (exact) mass is 356 g/mol. The van der Waals surface area contributed by atoms with Crippen molar-refractivity contribution in [1.82, 2.24) is 0 Å². The molecular weight excluding hydrogens is 320 g/mol. The maximum Gasteiger partial charge on any atom is 0.311 e. The topological polar surface area (TPSA) is 83.8 Å². The highest BCUT2D eigenvalue weighted by molar-refractivity contribution is 5.83. The fourth-order valence-corrected chi connectivity index (χ4v) is 4.01. The molecule has 0 aromatic carbocycles. The maximum absolute atomic E-state index is 12.2. The summed E-state index contributed by atoms with van der Waals surface area (Å²) in [7, 11) is 1.31. The second-order valence-electron chi connectivity index (χ2n) is 7.43. The number of unbranched alkanes of at least 4 members (excludes halogenated alkanes) is 5. The van der Waals surface area contributed by atoms with Gasteiger partial charge in [0.15, 0.2) is 6.29 Å². The van der Waals surface area contributed by atoms with E-state index in [2.05, 4.69) is 6.92 Å². The molecule has 1 aliphatic rings. The molecule has 4 atom stereocenters. The summed E-state index contributed by atoms with van der Waals surface area (Å²) in [6, 6.07) is 0. The lowest BCUT2D eigenvalue weighted by Gasteiger charge is -2.20. The number of hydrogen-bond acceptors (Lipinski definition) is 4. The third-order valence-corrected chi connectivity index (χ3v) is 5.61. The van der Waals surface area contributed by atoms with E-state index in [1.165, 1.54) is 39.2 Å². The van der Waals surface area contributed by atoms with Gasteiger partial charge in [-0.3, -0.25) is 9.59 Å². The van der Waals surface area contributed by atoms with Crippen LogP contribution < -0.4 is 0 Å². The van der Waals surface area contributed by atoms with E-state index in [-0.39, 0.29) is 5.92 Å². The predicted molar refractivity (Wildman–Crippen MR) is 97.2 cm³/mol. The van der Waals surface area contributed by atoms with Gasteiger partial charge in [-0.25, -0.2) is 0 Å². The average Bonchev–Trinajstić information content (AvgIpc) is 2.94. The molecule has 5 heteroatoms. The van der Waals surface area contributed by atoms with Gasteiger partial charge in [-0.2, -0.15) is 0 Å². The van der Waals surface area contributed by atoms with E-state index in [1.807, 2.05) is 0 Å². The molecule has 25 heavy (non-hydrogen) atoms. The second kappa shape index (κ2) is 12.4. The third kappa shape index (κ3) is 7.87. The van der Waals surface area contributed by atoms with Gasteiger partial charge in [-0.05, 0) is 31.6 Å². The molecule has 2 N–H and O–H groups in total. The Kier molecular flexibility index (Phi) is 11.0. The summed E-state index contributed by atoms with van der Waals surface area (Å²) < 4.78 is 4.73. The average molecular weight is 357 g/mol. The number of ether oxygens (including phenoxy) is 1. The molecule has 0 heterocycles. The van der Waals surface area contributed by atoms with Gasteiger partial charge in [0.2, 0.25) is 0 Å². The van der Waals surface area contributed by atoms with Crippen molar-refractivity contribution < 1.29 is 24.5 Å². The number of carbonyl (C=O) groups excluding carboxylic acids is 1. The van der Waals surface area contributed by atoms with Gasteiger partial charge >= 0.3 is 5.97 Å². The minimum absolute atomic E-state index is 0.168. The Balaban J connectivity index is 2.30. The van der Waals surface area contributed by atoms with Gasteiger partial charge in [0, 0.05) is 19.4 Å². The Morgan fingerprint density at radius 2 is 1.84 bits per heavy atom. The van der Waals surface area contributed by atoms with Crippen molar-refractivity contribution in [2.75, 3.05) is 7.11 Å². The molecule has 0 bridgehead atoms. The van der Waals surface area contributed by atoms with E-state index in [9.17, 15) is 14.7 Å². The van der Waals surface area contributed by atoms with E-state index < -0.39 is 18.2 Å². The fourth-order valence-electron chi connectivity index (χ4n) is 4.01. The van der Waals surface area contributed by atoms with Gasteiger partial charge in [0.1, 0.15) is 11.7 Å². The normalized spacial score (nSPS) is 22.9. The number of hydrogen-bond donors (Lipinski definition) is 2. The van der Waals surface area contributed by atoms with Crippen molar-refractivity contribution in [2.24, 2.45) is 17.8 Å². The lowest BCUT2D eigenvalue weighted by Crippen LogP contribution is -2.29. The number of ketones is 1. The maximum atomic E-state index is 12.2. The van der Waals surface area contributed by atoms with Crippen LogP contribution in [-0.4, -0.2) is 35.4 Å². The van der Waals surface area contributed by atoms with Crippen molar-refractivity contribution in [2.45, 2.75) is 90.3 Å². The zero-order chi connectivity index (χ0) is 18.7. The summed E-state index contributed by atoms with van der Waals surface area (Å²) in [5, 5.41) is 18.7. The Bertz CT molecular complexity index is 396. The fraction of sp³-hybridized carbons (Fsp3) is 0.900. The number of carboxylic acids is 1. The number of Topliss-reactive ketones (excluding diaryl/α,β-unsaturated/α-hetero) is 1. The summed E-state index contributed by atoms with van der Waals surface area (Å²) in [5.74, 6) is -0.837. The van der Waals surface area contributed by atoms with Gasteiger partial charge < -0.3 is 14.9 Å². The smallest absolute Gasteiger partial charge is 0.311 e. The van der Waals surface area contributed by atoms with Crippen LogP contribution in [0.15, 0.2) is 0 Å². The molecule has 1 rings (SSSR count). The summed E-state index contributed by atoms with van der Waals surface area (Å²) in [5.41, 5.74) is 0. The minimum atomic E-state index is -1.26.